The Kier molecular flexibility index (Phi) is 6.58. The number of carbonyl (C=O) groups is 1. The van der Waals surface area contributed by atoms with Gasteiger partial charge in [-0.25, -0.2) is 0 Å². The first-order chi connectivity index (χ1) is 10.7. The smallest absolute Gasteiger partial charge is 0.234 e. The minimum absolute atomic E-state index is 0.0395. The highest BCUT2D eigenvalue weighted by molar-refractivity contribution is 5.78. The zero-order valence-electron chi connectivity index (χ0n) is 12.9. The number of piperazine rings is 1. The summed E-state index contributed by atoms with van der Waals surface area (Å²) in [7, 11) is 0. The van der Waals surface area contributed by atoms with E-state index < -0.39 is 6.10 Å². The number of nitrogens with zero attached hydrogens (tertiary/aromatic N) is 2. The fourth-order valence-electron chi connectivity index (χ4n) is 2.60. The number of aliphatic hydroxyl groups is 1. The molecular weight excluding hydrogens is 278 g/mol. The molecule has 0 unspecified atom stereocenters. The van der Waals surface area contributed by atoms with Crippen molar-refractivity contribution in [2.24, 2.45) is 0 Å². The van der Waals surface area contributed by atoms with Crippen molar-refractivity contribution in [2.45, 2.75) is 6.10 Å². The van der Waals surface area contributed by atoms with Gasteiger partial charge < -0.3 is 10.4 Å². The van der Waals surface area contributed by atoms with E-state index >= 15 is 0 Å². The Bertz CT molecular complexity index is 470. The first-order valence-electron chi connectivity index (χ1n) is 7.74. The number of aliphatic hydroxyl groups excluding tert-OH is 1. The summed E-state index contributed by atoms with van der Waals surface area (Å²) in [4.78, 5) is 16.0. The predicted molar refractivity (Wildman–Crippen MR) is 87.5 cm³/mol. The van der Waals surface area contributed by atoms with Gasteiger partial charge in [0.1, 0.15) is 0 Å². The fraction of sp³-hybridized carbons (Fsp3) is 0.471. The molecule has 1 aromatic rings. The lowest BCUT2D eigenvalue weighted by atomic mass is 10.1. The zero-order chi connectivity index (χ0) is 15.8. The third-order valence-electron chi connectivity index (χ3n) is 3.89. The van der Waals surface area contributed by atoms with Gasteiger partial charge in [-0.05, 0) is 5.56 Å². The summed E-state index contributed by atoms with van der Waals surface area (Å²) >= 11 is 0. The highest BCUT2D eigenvalue weighted by Gasteiger charge is 2.21. The third-order valence-corrected chi connectivity index (χ3v) is 3.89. The van der Waals surface area contributed by atoms with Crippen molar-refractivity contribution in [3.05, 3.63) is 48.6 Å². The molecule has 1 saturated heterocycles. The van der Waals surface area contributed by atoms with Gasteiger partial charge in [0.2, 0.25) is 5.91 Å². The molecular formula is C17H25N3O2. The van der Waals surface area contributed by atoms with Crippen LogP contribution in [0.15, 0.2) is 43.0 Å². The molecule has 22 heavy (non-hydrogen) atoms. The summed E-state index contributed by atoms with van der Waals surface area (Å²) in [6.07, 6.45) is 1.23. The second kappa shape index (κ2) is 8.68. The van der Waals surface area contributed by atoms with Crippen LogP contribution >= 0.6 is 0 Å². The molecule has 1 aliphatic rings. The van der Waals surface area contributed by atoms with E-state index in [-0.39, 0.29) is 5.91 Å². The van der Waals surface area contributed by atoms with Crippen LogP contribution in [-0.2, 0) is 4.79 Å². The SMILES string of the molecule is C=CCNC(=O)CN1CCN(C[C@H](O)c2ccccc2)CC1. The van der Waals surface area contributed by atoms with E-state index in [1.54, 1.807) is 6.08 Å². The first-order valence-corrected chi connectivity index (χ1v) is 7.74. The summed E-state index contributed by atoms with van der Waals surface area (Å²) in [5, 5.41) is 13.0. The van der Waals surface area contributed by atoms with Gasteiger partial charge in [0, 0.05) is 39.3 Å². The van der Waals surface area contributed by atoms with Crippen LogP contribution in [0.4, 0.5) is 0 Å². The summed E-state index contributed by atoms with van der Waals surface area (Å²) in [5.41, 5.74) is 0.953. The number of hydrogen-bond donors (Lipinski definition) is 2. The highest BCUT2D eigenvalue weighted by atomic mass is 16.3. The molecule has 120 valence electrons. The normalized spacial score (nSPS) is 17.9. The van der Waals surface area contributed by atoms with Crippen LogP contribution in [0.3, 0.4) is 0 Å². The number of carbonyl (C=O) groups excluding carboxylic acids is 1. The maximum absolute atomic E-state index is 11.7. The largest absolute Gasteiger partial charge is 0.387 e. The Morgan fingerprint density at radius 2 is 1.86 bits per heavy atom. The zero-order valence-corrected chi connectivity index (χ0v) is 12.9. The van der Waals surface area contributed by atoms with Gasteiger partial charge in [-0.15, -0.1) is 6.58 Å². The van der Waals surface area contributed by atoms with E-state index in [9.17, 15) is 9.90 Å². The molecule has 0 spiro atoms. The Labute approximate surface area is 132 Å². The van der Waals surface area contributed by atoms with Gasteiger partial charge in [0.15, 0.2) is 0 Å². The topological polar surface area (TPSA) is 55.8 Å². The summed E-state index contributed by atoms with van der Waals surface area (Å²) in [6.45, 7) is 8.62. The Balaban J connectivity index is 1.71. The third kappa shape index (κ3) is 5.26. The van der Waals surface area contributed by atoms with Gasteiger partial charge in [-0.3, -0.25) is 14.6 Å². The van der Waals surface area contributed by atoms with Crippen LogP contribution in [0, 0.1) is 0 Å². The molecule has 0 aliphatic carbocycles. The van der Waals surface area contributed by atoms with Crippen LogP contribution in [0.5, 0.6) is 0 Å². The van der Waals surface area contributed by atoms with E-state index in [0.717, 1.165) is 31.7 Å². The minimum atomic E-state index is -0.455. The molecule has 1 heterocycles. The van der Waals surface area contributed by atoms with Gasteiger partial charge in [-0.2, -0.15) is 0 Å². The van der Waals surface area contributed by atoms with Gasteiger partial charge in [-0.1, -0.05) is 36.4 Å². The standard InChI is InChI=1S/C17H25N3O2/c1-2-8-18-17(22)14-20-11-9-19(10-12-20)13-16(21)15-6-4-3-5-7-15/h2-7,16,21H,1,8-14H2,(H,18,22)/t16-/m0/s1. The summed E-state index contributed by atoms with van der Waals surface area (Å²) < 4.78 is 0. The van der Waals surface area contributed by atoms with Crippen molar-refractivity contribution in [3.63, 3.8) is 0 Å². The minimum Gasteiger partial charge on any atom is -0.387 e. The molecule has 1 atom stereocenters. The van der Waals surface area contributed by atoms with E-state index in [4.69, 9.17) is 0 Å². The van der Waals surface area contributed by atoms with E-state index in [0.29, 0.717) is 19.6 Å². The molecule has 1 aromatic carbocycles. The van der Waals surface area contributed by atoms with Gasteiger partial charge in [0.05, 0.1) is 12.6 Å². The molecule has 1 amide bonds. The van der Waals surface area contributed by atoms with Gasteiger partial charge in [0.25, 0.3) is 0 Å². The van der Waals surface area contributed by atoms with Crippen LogP contribution in [-0.4, -0.2) is 66.6 Å². The van der Waals surface area contributed by atoms with Crippen molar-refractivity contribution < 1.29 is 9.90 Å². The van der Waals surface area contributed by atoms with E-state index in [1.807, 2.05) is 30.3 Å². The predicted octanol–water partition coefficient (Wildman–Crippen LogP) is 0.640. The molecule has 2 rings (SSSR count). The molecule has 5 heteroatoms. The first kappa shape index (κ1) is 16.7. The number of hydrogen-bond acceptors (Lipinski definition) is 4. The van der Waals surface area contributed by atoms with E-state index in [1.165, 1.54) is 0 Å². The van der Waals surface area contributed by atoms with Crippen LogP contribution < -0.4 is 5.32 Å². The summed E-state index contributed by atoms with van der Waals surface area (Å²) in [6, 6.07) is 9.73. The lowest BCUT2D eigenvalue weighted by Gasteiger charge is -2.35. The Morgan fingerprint density at radius 1 is 1.23 bits per heavy atom. The fourth-order valence-corrected chi connectivity index (χ4v) is 2.60. The van der Waals surface area contributed by atoms with Crippen molar-refractivity contribution in [1.82, 2.24) is 15.1 Å². The number of nitrogens with one attached hydrogen (secondary N) is 1. The second-order valence-electron chi connectivity index (χ2n) is 5.60. The van der Waals surface area contributed by atoms with Gasteiger partial charge >= 0.3 is 0 Å². The molecule has 2 N–H and O–H groups in total. The Hall–Kier alpha value is -1.69. The monoisotopic (exact) mass is 303 g/mol. The quantitative estimate of drug-likeness (QED) is 0.726. The highest BCUT2D eigenvalue weighted by Crippen LogP contribution is 2.14. The lowest BCUT2D eigenvalue weighted by Crippen LogP contribution is -2.50. The molecule has 0 aromatic heterocycles. The van der Waals surface area contributed by atoms with Crippen molar-refractivity contribution in [1.29, 1.82) is 0 Å². The van der Waals surface area contributed by atoms with Crippen molar-refractivity contribution >= 4 is 5.91 Å². The molecule has 1 fully saturated rings. The number of benzene rings is 1. The second-order valence-corrected chi connectivity index (χ2v) is 5.60. The average molecular weight is 303 g/mol. The summed E-state index contributed by atoms with van der Waals surface area (Å²) in [5.74, 6) is 0.0395. The maximum Gasteiger partial charge on any atom is 0.234 e. The maximum atomic E-state index is 11.7. The number of β-amino-alcohol motifs (C(OH)–C–C–N with tert-alkyl or cyclic N) is 1. The molecule has 0 saturated carbocycles. The van der Waals surface area contributed by atoms with Crippen LogP contribution in [0.25, 0.3) is 0 Å². The molecule has 5 nitrogen and oxygen atoms in total. The number of rotatable bonds is 7. The lowest BCUT2D eigenvalue weighted by molar-refractivity contribution is -0.122. The molecule has 0 radical (unpaired) electrons. The molecule has 1 aliphatic heterocycles. The Morgan fingerprint density at radius 3 is 2.50 bits per heavy atom. The van der Waals surface area contributed by atoms with Crippen LogP contribution in [0.2, 0.25) is 0 Å². The average Bonchev–Trinajstić information content (AvgIpc) is 2.55. The van der Waals surface area contributed by atoms with Crippen molar-refractivity contribution in [2.75, 3.05) is 45.8 Å². The van der Waals surface area contributed by atoms with E-state index in [2.05, 4.69) is 21.7 Å². The van der Waals surface area contributed by atoms with Crippen molar-refractivity contribution in [3.8, 4) is 0 Å². The van der Waals surface area contributed by atoms with Crippen LogP contribution in [0.1, 0.15) is 11.7 Å². The number of amides is 1. The molecule has 0 bridgehead atoms.